The molecule has 0 spiro atoms. The Labute approximate surface area is 172 Å². The summed E-state index contributed by atoms with van der Waals surface area (Å²) >= 11 is 0. The molecule has 0 atom stereocenters. The van der Waals surface area contributed by atoms with Gasteiger partial charge in [0.05, 0.1) is 11.4 Å². The fourth-order valence-corrected chi connectivity index (χ4v) is 4.62. The van der Waals surface area contributed by atoms with Gasteiger partial charge < -0.3 is 9.47 Å². The van der Waals surface area contributed by atoms with Crippen molar-refractivity contribution in [1.29, 1.82) is 0 Å². The molecule has 29 heavy (non-hydrogen) atoms. The lowest BCUT2D eigenvalue weighted by Crippen LogP contribution is -2.44. The maximum Gasteiger partial charge on any atom is 0.0656 e. The Bertz CT molecular complexity index is 1140. The van der Waals surface area contributed by atoms with Crippen LogP contribution in [0.2, 0.25) is 0 Å². The predicted octanol–water partition coefficient (Wildman–Crippen LogP) is 4.60. The average molecular weight is 385 g/mol. The van der Waals surface area contributed by atoms with E-state index < -0.39 is 0 Å². The van der Waals surface area contributed by atoms with Crippen LogP contribution in [0.1, 0.15) is 22.5 Å². The molecule has 4 aromatic rings. The van der Waals surface area contributed by atoms with Gasteiger partial charge in [0, 0.05) is 42.4 Å². The molecule has 0 radical (unpaired) electrons. The highest BCUT2D eigenvalue weighted by atomic mass is 15.3. The molecule has 0 unspecified atom stereocenters. The molecular weight excluding hydrogens is 356 g/mol. The summed E-state index contributed by atoms with van der Waals surface area (Å²) in [5.74, 6) is 0.829. The summed E-state index contributed by atoms with van der Waals surface area (Å²) in [6.07, 6.45) is 3.39. The lowest BCUT2D eigenvalue weighted by Gasteiger charge is -2.36. The third kappa shape index (κ3) is 3.60. The number of hydrogen-bond acceptors (Lipinski definition) is 2. The van der Waals surface area contributed by atoms with Crippen LogP contribution in [0.25, 0.3) is 16.6 Å². The number of rotatable bonds is 5. The number of hydrogen-bond donors (Lipinski definition) is 0. The molecule has 2 aromatic heterocycles. The topological polar surface area (TPSA) is 26.0 Å². The van der Waals surface area contributed by atoms with E-state index in [2.05, 4.69) is 89.3 Å². The van der Waals surface area contributed by atoms with Crippen LogP contribution in [-0.4, -0.2) is 39.4 Å². The first kappa shape index (κ1) is 18.2. The van der Waals surface area contributed by atoms with Crippen molar-refractivity contribution in [2.75, 3.05) is 20.1 Å². The predicted molar refractivity (Wildman–Crippen MR) is 119 cm³/mol. The van der Waals surface area contributed by atoms with Crippen molar-refractivity contribution in [1.82, 2.24) is 19.2 Å². The molecule has 148 valence electrons. The van der Waals surface area contributed by atoms with Crippen molar-refractivity contribution in [2.45, 2.75) is 26.8 Å². The van der Waals surface area contributed by atoms with Gasteiger partial charge in [-0.25, -0.2) is 4.68 Å². The van der Waals surface area contributed by atoms with Gasteiger partial charge in [0.2, 0.25) is 0 Å². The molecular formula is C25H28N4. The molecule has 0 amide bonds. The summed E-state index contributed by atoms with van der Waals surface area (Å²) in [7, 11) is 2.20. The van der Waals surface area contributed by atoms with Crippen LogP contribution in [0.5, 0.6) is 0 Å². The van der Waals surface area contributed by atoms with Crippen LogP contribution in [0.3, 0.4) is 0 Å². The molecule has 0 bridgehead atoms. The summed E-state index contributed by atoms with van der Waals surface area (Å²) < 4.78 is 4.35. The lowest BCUT2D eigenvalue weighted by atomic mass is 9.92. The minimum atomic E-state index is 0.829. The number of likely N-dealkylation sites (tertiary alicyclic amines) is 1. The minimum Gasteiger partial charge on any atom is -0.343 e. The Balaban J connectivity index is 1.33. The Morgan fingerprint density at radius 2 is 1.69 bits per heavy atom. The van der Waals surface area contributed by atoms with Crippen LogP contribution in [0, 0.1) is 19.8 Å². The van der Waals surface area contributed by atoms with E-state index in [1.54, 1.807) is 0 Å². The maximum atomic E-state index is 4.61. The van der Waals surface area contributed by atoms with E-state index in [1.807, 2.05) is 11.6 Å². The van der Waals surface area contributed by atoms with E-state index in [0.29, 0.717) is 0 Å². The maximum absolute atomic E-state index is 4.61. The molecule has 1 saturated heterocycles. The van der Waals surface area contributed by atoms with Crippen LogP contribution in [-0.2, 0) is 13.0 Å². The molecule has 3 heterocycles. The summed E-state index contributed by atoms with van der Waals surface area (Å²) in [6, 6.07) is 20.1. The average Bonchev–Trinajstić information content (AvgIpc) is 3.24. The highest BCUT2D eigenvalue weighted by molar-refractivity contribution is 5.82. The third-order valence-corrected chi connectivity index (χ3v) is 6.05. The molecule has 1 fully saturated rings. The highest BCUT2D eigenvalue weighted by Crippen LogP contribution is 2.23. The van der Waals surface area contributed by atoms with Crippen molar-refractivity contribution >= 4 is 10.9 Å². The van der Waals surface area contributed by atoms with Crippen LogP contribution in [0.15, 0.2) is 60.8 Å². The second-order valence-corrected chi connectivity index (χ2v) is 8.63. The molecule has 5 rings (SSSR count). The van der Waals surface area contributed by atoms with Gasteiger partial charge in [0.25, 0.3) is 0 Å². The van der Waals surface area contributed by atoms with Gasteiger partial charge in [-0.2, -0.15) is 5.10 Å². The Hall–Kier alpha value is -2.85. The van der Waals surface area contributed by atoms with Gasteiger partial charge in [-0.05, 0) is 74.7 Å². The van der Waals surface area contributed by atoms with E-state index in [4.69, 9.17) is 0 Å². The Morgan fingerprint density at radius 1 is 0.931 bits per heavy atom. The molecule has 0 saturated carbocycles. The van der Waals surface area contributed by atoms with Crippen molar-refractivity contribution in [3.05, 3.63) is 83.3 Å². The summed E-state index contributed by atoms with van der Waals surface area (Å²) in [6.45, 7) is 7.50. The molecule has 4 nitrogen and oxygen atoms in total. The second-order valence-electron chi connectivity index (χ2n) is 8.63. The van der Waals surface area contributed by atoms with Gasteiger partial charge >= 0.3 is 0 Å². The zero-order chi connectivity index (χ0) is 20.0. The quantitative estimate of drug-likeness (QED) is 0.503. The van der Waals surface area contributed by atoms with E-state index in [-0.39, 0.29) is 0 Å². The number of aryl methyl sites for hydroxylation is 2. The first-order valence-electron chi connectivity index (χ1n) is 10.4. The Kier molecular flexibility index (Phi) is 4.51. The smallest absolute Gasteiger partial charge is 0.0656 e. The van der Waals surface area contributed by atoms with Crippen LogP contribution in [0.4, 0.5) is 0 Å². The van der Waals surface area contributed by atoms with Crippen molar-refractivity contribution in [3.63, 3.8) is 0 Å². The van der Waals surface area contributed by atoms with E-state index in [0.717, 1.165) is 29.5 Å². The fourth-order valence-electron chi connectivity index (χ4n) is 4.62. The zero-order valence-corrected chi connectivity index (χ0v) is 17.5. The first-order valence-corrected chi connectivity index (χ1v) is 10.4. The standard InChI is InChI=1S/C25H28N4/c1-18-12-19(2)29(26-18)24-8-9-25-23(14-24)10-11-28(25)17-21-6-4-20(5-7-21)13-22-15-27(3)16-22/h4-12,14,22H,13,15-17H2,1-3H3. The molecule has 1 aliphatic heterocycles. The van der Waals surface area contributed by atoms with Crippen molar-refractivity contribution in [2.24, 2.45) is 5.92 Å². The Morgan fingerprint density at radius 3 is 2.38 bits per heavy atom. The van der Waals surface area contributed by atoms with E-state index in [1.165, 1.54) is 41.5 Å². The summed E-state index contributed by atoms with van der Waals surface area (Å²) in [5, 5.41) is 5.86. The molecule has 1 aliphatic rings. The lowest BCUT2D eigenvalue weighted by molar-refractivity contribution is 0.134. The summed E-state index contributed by atoms with van der Waals surface area (Å²) in [4.78, 5) is 2.39. The molecule has 0 aliphatic carbocycles. The fraction of sp³-hybridized carbons (Fsp3) is 0.320. The van der Waals surface area contributed by atoms with Crippen molar-refractivity contribution in [3.8, 4) is 5.69 Å². The van der Waals surface area contributed by atoms with Gasteiger partial charge in [0.1, 0.15) is 0 Å². The largest absolute Gasteiger partial charge is 0.343 e. The van der Waals surface area contributed by atoms with Gasteiger partial charge in [-0.3, -0.25) is 0 Å². The highest BCUT2D eigenvalue weighted by Gasteiger charge is 2.22. The zero-order valence-electron chi connectivity index (χ0n) is 17.5. The molecule has 2 aromatic carbocycles. The van der Waals surface area contributed by atoms with Crippen LogP contribution >= 0.6 is 0 Å². The van der Waals surface area contributed by atoms with E-state index in [9.17, 15) is 0 Å². The normalized spacial score (nSPS) is 15.1. The van der Waals surface area contributed by atoms with E-state index >= 15 is 0 Å². The van der Waals surface area contributed by atoms with Gasteiger partial charge in [-0.1, -0.05) is 24.3 Å². The van der Waals surface area contributed by atoms with Crippen LogP contribution < -0.4 is 0 Å². The van der Waals surface area contributed by atoms with Gasteiger partial charge in [-0.15, -0.1) is 0 Å². The number of fused-ring (bicyclic) bond motifs is 1. The number of aromatic nitrogens is 3. The first-order chi connectivity index (χ1) is 14.0. The SMILES string of the molecule is Cc1cc(C)n(-c2ccc3c(ccn3Cc3ccc(CC4CN(C)C4)cc3)c2)n1. The van der Waals surface area contributed by atoms with Crippen molar-refractivity contribution < 1.29 is 0 Å². The second kappa shape index (κ2) is 7.20. The third-order valence-electron chi connectivity index (χ3n) is 6.05. The monoisotopic (exact) mass is 384 g/mol. The molecule has 0 N–H and O–H groups in total. The molecule has 4 heteroatoms. The summed E-state index contributed by atoms with van der Waals surface area (Å²) in [5.41, 5.74) is 7.39. The van der Waals surface area contributed by atoms with Gasteiger partial charge in [0.15, 0.2) is 0 Å². The minimum absolute atomic E-state index is 0.829. The number of nitrogens with zero attached hydrogens (tertiary/aromatic N) is 4. The number of benzene rings is 2.